The van der Waals surface area contributed by atoms with Crippen LogP contribution in [-0.2, 0) is 4.79 Å². The first-order chi connectivity index (χ1) is 7.00. The van der Waals surface area contributed by atoms with E-state index in [2.05, 4.69) is 0 Å². The van der Waals surface area contributed by atoms with Gasteiger partial charge in [-0.05, 0) is 32.4 Å². The molecule has 15 heavy (non-hydrogen) atoms. The summed E-state index contributed by atoms with van der Waals surface area (Å²) < 4.78 is 18.8. The second kappa shape index (κ2) is 4.91. The lowest BCUT2D eigenvalue weighted by molar-refractivity contribution is -0.118. The lowest BCUT2D eigenvalue weighted by Gasteiger charge is -2.14. The van der Waals surface area contributed by atoms with Crippen LogP contribution in [0.3, 0.4) is 0 Å². The smallest absolute Gasteiger partial charge is 0.167 e. The van der Waals surface area contributed by atoms with Crippen LogP contribution in [0.25, 0.3) is 0 Å². The van der Waals surface area contributed by atoms with E-state index in [9.17, 15) is 9.18 Å². The van der Waals surface area contributed by atoms with E-state index in [1.807, 2.05) is 0 Å². The van der Waals surface area contributed by atoms with Gasteiger partial charge in [0, 0.05) is 6.42 Å². The van der Waals surface area contributed by atoms with Crippen molar-refractivity contribution in [2.75, 3.05) is 0 Å². The van der Waals surface area contributed by atoms with Gasteiger partial charge in [-0.25, -0.2) is 4.39 Å². The third-order valence-electron chi connectivity index (χ3n) is 2.06. The standard InChI is InChI=1S/C12H15FO2/c1-8-5-4-6-11(12(8)13)15-10(3)7-9(2)14/h4-6,10H,7H2,1-3H3. The summed E-state index contributed by atoms with van der Waals surface area (Å²) in [6.45, 7) is 4.92. The molecule has 1 atom stereocenters. The van der Waals surface area contributed by atoms with Gasteiger partial charge in [0.25, 0.3) is 0 Å². The van der Waals surface area contributed by atoms with Gasteiger partial charge in [0.1, 0.15) is 11.9 Å². The molecule has 1 aromatic carbocycles. The third-order valence-corrected chi connectivity index (χ3v) is 2.06. The fraction of sp³-hybridized carbons (Fsp3) is 0.417. The van der Waals surface area contributed by atoms with Crippen LogP contribution in [0.1, 0.15) is 25.8 Å². The quantitative estimate of drug-likeness (QED) is 0.763. The van der Waals surface area contributed by atoms with Gasteiger partial charge in [-0.15, -0.1) is 0 Å². The third kappa shape index (κ3) is 3.35. The van der Waals surface area contributed by atoms with E-state index in [0.29, 0.717) is 12.0 Å². The van der Waals surface area contributed by atoms with Crippen molar-refractivity contribution in [3.63, 3.8) is 0 Å². The van der Waals surface area contributed by atoms with Crippen LogP contribution in [0, 0.1) is 12.7 Å². The number of ether oxygens (including phenoxy) is 1. The molecule has 0 radical (unpaired) electrons. The summed E-state index contributed by atoms with van der Waals surface area (Å²) in [7, 11) is 0. The van der Waals surface area contributed by atoms with Gasteiger partial charge in [-0.3, -0.25) is 4.79 Å². The van der Waals surface area contributed by atoms with Crippen molar-refractivity contribution in [1.29, 1.82) is 0 Å². The molecule has 0 aromatic heterocycles. The van der Waals surface area contributed by atoms with E-state index in [1.54, 1.807) is 32.0 Å². The average molecular weight is 210 g/mol. The largest absolute Gasteiger partial charge is 0.487 e. The monoisotopic (exact) mass is 210 g/mol. The first-order valence-electron chi connectivity index (χ1n) is 4.92. The Balaban J connectivity index is 2.72. The molecule has 0 bridgehead atoms. The van der Waals surface area contributed by atoms with Gasteiger partial charge < -0.3 is 4.74 Å². The van der Waals surface area contributed by atoms with Crippen LogP contribution < -0.4 is 4.74 Å². The summed E-state index contributed by atoms with van der Waals surface area (Å²) in [6.07, 6.45) is 0.00621. The van der Waals surface area contributed by atoms with Gasteiger partial charge in [0.15, 0.2) is 11.6 Å². The number of rotatable bonds is 4. The molecule has 0 aliphatic heterocycles. The minimum atomic E-state index is -0.354. The minimum Gasteiger partial charge on any atom is -0.487 e. The molecule has 0 saturated heterocycles. The fourth-order valence-corrected chi connectivity index (χ4v) is 1.37. The number of halogens is 1. The molecule has 0 aliphatic rings. The first kappa shape index (κ1) is 11.7. The summed E-state index contributed by atoms with van der Waals surface area (Å²) in [4.78, 5) is 10.8. The molecular weight excluding hydrogens is 195 g/mol. The predicted molar refractivity (Wildman–Crippen MR) is 56.5 cm³/mol. The minimum absolute atomic E-state index is 0.0376. The number of Topliss-reactive ketones (excluding diaryl/α,β-unsaturated/α-hetero) is 1. The molecule has 0 N–H and O–H groups in total. The van der Waals surface area contributed by atoms with E-state index >= 15 is 0 Å². The second-order valence-corrected chi connectivity index (χ2v) is 3.72. The van der Waals surface area contributed by atoms with Gasteiger partial charge >= 0.3 is 0 Å². The topological polar surface area (TPSA) is 26.3 Å². The Kier molecular flexibility index (Phi) is 3.83. The molecule has 0 fully saturated rings. The van der Waals surface area contributed by atoms with Crippen molar-refractivity contribution in [1.82, 2.24) is 0 Å². The van der Waals surface area contributed by atoms with Gasteiger partial charge in [-0.1, -0.05) is 12.1 Å². The summed E-state index contributed by atoms with van der Waals surface area (Å²) in [5.74, 6) is -0.104. The zero-order valence-corrected chi connectivity index (χ0v) is 9.21. The van der Waals surface area contributed by atoms with Crippen LogP contribution in [0.15, 0.2) is 18.2 Å². The normalized spacial score (nSPS) is 12.3. The molecule has 2 nitrogen and oxygen atoms in total. The lowest BCUT2D eigenvalue weighted by Crippen LogP contribution is -2.16. The van der Waals surface area contributed by atoms with Crippen LogP contribution in [0.2, 0.25) is 0 Å². The number of benzene rings is 1. The van der Waals surface area contributed by atoms with Crippen molar-refractivity contribution in [2.45, 2.75) is 33.3 Å². The first-order valence-corrected chi connectivity index (χ1v) is 4.92. The fourth-order valence-electron chi connectivity index (χ4n) is 1.37. The maximum Gasteiger partial charge on any atom is 0.167 e. The molecule has 0 heterocycles. The van der Waals surface area contributed by atoms with Crippen molar-refractivity contribution >= 4 is 5.78 Å². The highest BCUT2D eigenvalue weighted by molar-refractivity contribution is 5.75. The van der Waals surface area contributed by atoms with Crippen LogP contribution in [-0.4, -0.2) is 11.9 Å². The van der Waals surface area contributed by atoms with Crippen molar-refractivity contribution in [2.24, 2.45) is 0 Å². The summed E-state index contributed by atoms with van der Waals surface area (Å²) in [5.41, 5.74) is 0.544. The number of hydrogen-bond donors (Lipinski definition) is 0. The summed E-state index contributed by atoms with van der Waals surface area (Å²) in [6, 6.07) is 4.98. The Bertz CT molecular complexity index is 361. The van der Waals surface area contributed by atoms with Crippen molar-refractivity contribution in [3.05, 3.63) is 29.6 Å². The molecule has 1 unspecified atom stereocenters. The maximum atomic E-state index is 13.5. The Morgan fingerprint density at radius 3 is 2.80 bits per heavy atom. The number of hydrogen-bond acceptors (Lipinski definition) is 2. The van der Waals surface area contributed by atoms with E-state index in [1.165, 1.54) is 6.92 Å². The molecule has 82 valence electrons. The predicted octanol–water partition coefficient (Wildman–Crippen LogP) is 2.88. The number of ketones is 1. The highest BCUT2D eigenvalue weighted by atomic mass is 19.1. The van der Waals surface area contributed by atoms with Crippen molar-refractivity contribution < 1.29 is 13.9 Å². The zero-order chi connectivity index (χ0) is 11.4. The Morgan fingerprint density at radius 1 is 1.53 bits per heavy atom. The van der Waals surface area contributed by atoms with Crippen LogP contribution in [0.5, 0.6) is 5.75 Å². The zero-order valence-electron chi connectivity index (χ0n) is 9.21. The van der Waals surface area contributed by atoms with E-state index in [4.69, 9.17) is 4.74 Å². The Hall–Kier alpha value is -1.38. The highest BCUT2D eigenvalue weighted by Gasteiger charge is 2.11. The average Bonchev–Trinajstić information content (AvgIpc) is 2.11. The number of carbonyl (C=O) groups is 1. The van der Waals surface area contributed by atoms with E-state index < -0.39 is 0 Å². The molecule has 1 aromatic rings. The molecule has 0 aliphatic carbocycles. The summed E-state index contributed by atoms with van der Waals surface area (Å²) in [5, 5.41) is 0. The second-order valence-electron chi connectivity index (χ2n) is 3.72. The molecule has 0 spiro atoms. The van der Waals surface area contributed by atoms with Gasteiger partial charge in [-0.2, -0.15) is 0 Å². The van der Waals surface area contributed by atoms with E-state index in [-0.39, 0.29) is 23.5 Å². The van der Waals surface area contributed by atoms with Gasteiger partial charge in [0.2, 0.25) is 0 Å². The highest BCUT2D eigenvalue weighted by Crippen LogP contribution is 2.21. The Morgan fingerprint density at radius 2 is 2.20 bits per heavy atom. The van der Waals surface area contributed by atoms with Crippen molar-refractivity contribution in [3.8, 4) is 5.75 Å². The van der Waals surface area contributed by atoms with Crippen LogP contribution >= 0.6 is 0 Å². The molecule has 3 heteroatoms. The maximum absolute atomic E-state index is 13.5. The van der Waals surface area contributed by atoms with Gasteiger partial charge in [0.05, 0.1) is 0 Å². The molecule has 1 rings (SSSR count). The Labute approximate surface area is 89.1 Å². The number of carbonyl (C=O) groups excluding carboxylic acids is 1. The molecular formula is C12H15FO2. The number of aryl methyl sites for hydroxylation is 1. The molecule has 0 amide bonds. The SMILES string of the molecule is CC(=O)CC(C)Oc1cccc(C)c1F. The lowest BCUT2D eigenvalue weighted by atomic mass is 10.2. The molecule has 0 saturated carbocycles. The summed E-state index contributed by atoms with van der Waals surface area (Å²) >= 11 is 0. The van der Waals surface area contributed by atoms with E-state index in [0.717, 1.165) is 0 Å². The van der Waals surface area contributed by atoms with Crippen LogP contribution in [0.4, 0.5) is 4.39 Å².